The first-order chi connectivity index (χ1) is 8.13. The van der Waals surface area contributed by atoms with Gasteiger partial charge in [-0.2, -0.15) is 8.75 Å². The Bertz CT molecular complexity index is 556. The molecule has 1 unspecified atom stereocenters. The van der Waals surface area contributed by atoms with Gasteiger partial charge in [0.15, 0.2) is 0 Å². The van der Waals surface area contributed by atoms with Crippen molar-refractivity contribution in [1.29, 1.82) is 0 Å². The first-order valence-electron chi connectivity index (χ1n) is 5.02. The van der Waals surface area contributed by atoms with Crippen molar-refractivity contribution in [2.24, 2.45) is 0 Å². The van der Waals surface area contributed by atoms with Crippen LogP contribution in [0.1, 0.15) is 6.92 Å². The molecule has 90 valence electrons. The number of benzene rings is 1. The van der Waals surface area contributed by atoms with E-state index >= 15 is 0 Å². The summed E-state index contributed by atoms with van der Waals surface area (Å²) >= 11 is 7.15. The monoisotopic (exact) mass is 270 g/mol. The molecule has 1 heterocycles. The predicted molar refractivity (Wildman–Crippen MR) is 69.6 cm³/mol. The average Bonchev–Trinajstić information content (AvgIpc) is 2.80. The number of halogens is 1. The molecular weight excluding hydrogens is 260 g/mol. The summed E-state index contributed by atoms with van der Waals surface area (Å²) in [5.74, 6) is -0.157. The number of carbonyl (C=O) groups is 1. The van der Waals surface area contributed by atoms with E-state index in [0.717, 1.165) is 17.2 Å². The minimum Gasteiger partial charge on any atom is -0.322 e. The van der Waals surface area contributed by atoms with Crippen LogP contribution in [0.15, 0.2) is 12.1 Å². The molecule has 1 aromatic carbocycles. The number of anilines is 1. The lowest BCUT2D eigenvalue weighted by Gasteiger charge is -2.12. The third-order valence-corrected chi connectivity index (χ3v) is 3.31. The smallest absolute Gasteiger partial charge is 0.241 e. The van der Waals surface area contributed by atoms with Gasteiger partial charge in [-0.05, 0) is 26.1 Å². The fourth-order valence-electron chi connectivity index (χ4n) is 1.31. The van der Waals surface area contributed by atoms with Crippen molar-refractivity contribution in [3.8, 4) is 0 Å². The molecule has 0 aliphatic rings. The maximum atomic E-state index is 11.8. The summed E-state index contributed by atoms with van der Waals surface area (Å²) < 4.78 is 8.23. The molecule has 0 aliphatic heterocycles. The Kier molecular flexibility index (Phi) is 3.56. The molecule has 1 aromatic heterocycles. The molecule has 0 saturated heterocycles. The Morgan fingerprint density at radius 3 is 2.94 bits per heavy atom. The lowest BCUT2D eigenvalue weighted by Crippen LogP contribution is -2.35. The first-order valence-corrected chi connectivity index (χ1v) is 6.13. The highest BCUT2D eigenvalue weighted by atomic mass is 35.5. The van der Waals surface area contributed by atoms with Crippen LogP contribution < -0.4 is 10.6 Å². The van der Waals surface area contributed by atoms with E-state index < -0.39 is 0 Å². The number of fused-ring (bicyclic) bond motifs is 1. The van der Waals surface area contributed by atoms with E-state index in [1.165, 1.54) is 0 Å². The van der Waals surface area contributed by atoms with Crippen LogP contribution in [0.2, 0.25) is 5.02 Å². The number of nitrogens with zero attached hydrogens (tertiary/aromatic N) is 2. The van der Waals surface area contributed by atoms with Crippen LogP contribution in [-0.4, -0.2) is 27.7 Å². The third-order valence-electron chi connectivity index (χ3n) is 2.45. The average molecular weight is 271 g/mol. The normalized spacial score (nSPS) is 12.6. The van der Waals surface area contributed by atoms with Crippen molar-refractivity contribution in [2.75, 3.05) is 12.4 Å². The van der Waals surface area contributed by atoms with Crippen molar-refractivity contribution in [2.45, 2.75) is 13.0 Å². The van der Waals surface area contributed by atoms with Crippen molar-refractivity contribution in [3.63, 3.8) is 0 Å². The SMILES string of the molecule is CNC(C)C(=O)Nc1c(Cl)ccc2nsnc12. The van der Waals surface area contributed by atoms with Crippen LogP contribution in [0.4, 0.5) is 5.69 Å². The second-order valence-corrected chi connectivity index (χ2v) is 4.49. The van der Waals surface area contributed by atoms with Gasteiger partial charge in [-0.25, -0.2) is 0 Å². The summed E-state index contributed by atoms with van der Waals surface area (Å²) in [7, 11) is 1.72. The summed E-state index contributed by atoms with van der Waals surface area (Å²) in [6, 6.07) is 3.18. The summed E-state index contributed by atoms with van der Waals surface area (Å²) in [6.07, 6.45) is 0. The van der Waals surface area contributed by atoms with Crippen LogP contribution >= 0.6 is 23.3 Å². The van der Waals surface area contributed by atoms with Gasteiger partial charge in [-0.15, -0.1) is 0 Å². The van der Waals surface area contributed by atoms with Crippen molar-refractivity contribution in [3.05, 3.63) is 17.2 Å². The lowest BCUT2D eigenvalue weighted by atomic mass is 10.2. The zero-order valence-electron chi connectivity index (χ0n) is 9.32. The summed E-state index contributed by atoms with van der Waals surface area (Å²) in [6.45, 7) is 1.77. The molecule has 2 aromatic rings. The molecule has 1 amide bonds. The second-order valence-electron chi connectivity index (χ2n) is 3.55. The van der Waals surface area contributed by atoms with Crippen LogP contribution in [0.3, 0.4) is 0 Å². The maximum absolute atomic E-state index is 11.8. The van der Waals surface area contributed by atoms with Crippen molar-refractivity contribution in [1.82, 2.24) is 14.1 Å². The molecule has 5 nitrogen and oxygen atoms in total. The molecule has 0 fully saturated rings. The molecule has 7 heteroatoms. The van der Waals surface area contributed by atoms with E-state index in [4.69, 9.17) is 11.6 Å². The molecule has 0 bridgehead atoms. The van der Waals surface area contributed by atoms with E-state index in [1.807, 2.05) is 0 Å². The third kappa shape index (κ3) is 2.38. The summed E-state index contributed by atoms with van der Waals surface area (Å²) in [4.78, 5) is 11.8. The number of hydrogen-bond donors (Lipinski definition) is 2. The van der Waals surface area contributed by atoms with Crippen LogP contribution in [0.5, 0.6) is 0 Å². The molecule has 2 rings (SSSR count). The number of rotatable bonds is 3. The van der Waals surface area contributed by atoms with Gasteiger partial charge >= 0.3 is 0 Å². The number of carbonyl (C=O) groups excluding carboxylic acids is 1. The minimum absolute atomic E-state index is 0.157. The lowest BCUT2D eigenvalue weighted by molar-refractivity contribution is -0.117. The molecular formula is C10H11ClN4OS. The number of nitrogens with one attached hydrogen (secondary N) is 2. The van der Waals surface area contributed by atoms with E-state index in [0.29, 0.717) is 16.2 Å². The second kappa shape index (κ2) is 4.95. The van der Waals surface area contributed by atoms with E-state index in [2.05, 4.69) is 19.4 Å². The van der Waals surface area contributed by atoms with E-state index in [1.54, 1.807) is 26.1 Å². The Balaban J connectivity index is 2.37. The van der Waals surface area contributed by atoms with Gasteiger partial charge in [0.2, 0.25) is 5.91 Å². The molecule has 17 heavy (non-hydrogen) atoms. The summed E-state index contributed by atoms with van der Waals surface area (Å²) in [5.41, 5.74) is 1.87. The Morgan fingerprint density at radius 2 is 2.24 bits per heavy atom. The van der Waals surface area contributed by atoms with Gasteiger partial charge in [-0.1, -0.05) is 11.6 Å². The van der Waals surface area contributed by atoms with Gasteiger partial charge in [0.25, 0.3) is 0 Å². The Hall–Kier alpha value is -1.24. The van der Waals surface area contributed by atoms with E-state index in [-0.39, 0.29) is 11.9 Å². The standard InChI is InChI=1S/C10H11ClN4OS/c1-5(12-2)10(16)13-8-6(11)3-4-7-9(8)15-17-14-7/h3-5,12H,1-2H3,(H,13,16). The molecule has 1 atom stereocenters. The minimum atomic E-state index is -0.298. The highest BCUT2D eigenvalue weighted by molar-refractivity contribution is 7.00. The fraction of sp³-hybridized carbons (Fsp3) is 0.300. The number of hydrogen-bond acceptors (Lipinski definition) is 5. The topological polar surface area (TPSA) is 66.9 Å². The highest BCUT2D eigenvalue weighted by Crippen LogP contribution is 2.29. The Labute approximate surface area is 107 Å². The summed E-state index contributed by atoms with van der Waals surface area (Å²) in [5, 5.41) is 6.08. The Morgan fingerprint density at radius 1 is 1.47 bits per heavy atom. The zero-order chi connectivity index (χ0) is 12.4. The largest absolute Gasteiger partial charge is 0.322 e. The molecule has 0 spiro atoms. The van der Waals surface area contributed by atoms with Gasteiger partial charge in [0.05, 0.1) is 28.5 Å². The number of likely N-dealkylation sites (N-methyl/N-ethyl adjacent to an activating group) is 1. The predicted octanol–water partition coefficient (Wildman–Crippen LogP) is 1.89. The number of aromatic nitrogens is 2. The molecule has 0 radical (unpaired) electrons. The van der Waals surface area contributed by atoms with E-state index in [9.17, 15) is 4.79 Å². The van der Waals surface area contributed by atoms with Crippen LogP contribution in [-0.2, 0) is 4.79 Å². The van der Waals surface area contributed by atoms with Crippen molar-refractivity contribution < 1.29 is 4.79 Å². The van der Waals surface area contributed by atoms with Gasteiger partial charge in [-0.3, -0.25) is 4.79 Å². The van der Waals surface area contributed by atoms with Gasteiger partial charge in [0.1, 0.15) is 11.0 Å². The van der Waals surface area contributed by atoms with Crippen molar-refractivity contribution >= 4 is 46.0 Å². The quantitative estimate of drug-likeness (QED) is 0.894. The maximum Gasteiger partial charge on any atom is 0.241 e. The molecule has 2 N–H and O–H groups in total. The molecule has 0 aliphatic carbocycles. The van der Waals surface area contributed by atoms with Gasteiger partial charge < -0.3 is 10.6 Å². The number of amides is 1. The van der Waals surface area contributed by atoms with Gasteiger partial charge in [0, 0.05) is 0 Å². The van der Waals surface area contributed by atoms with Crippen LogP contribution in [0.25, 0.3) is 11.0 Å². The van der Waals surface area contributed by atoms with Crippen LogP contribution in [0, 0.1) is 0 Å². The first kappa shape index (κ1) is 12.2. The molecule has 0 saturated carbocycles. The zero-order valence-corrected chi connectivity index (χ0v) is 10.9. The fourth-order valence-corrected chi connectivity index (χ4v) is 2.05. The highest BCUT2D eigenvalue weighted by Gasteiger charge is 2.16.